The van der Waals surface area contributed by atoms with Crippen LogP contribution in [0.2, 0.25) is 0 Å². The first-order valence-corrected chi connectivity index (χ1v) is 9.32. The summed E-state index contributed by atoms with van der Waals surface area (Å²) in [4.78, 5) is 14.0. The molecule has 8 heteroatoms. The molecule has 0 saturated heterocycles. The number of hydrogen-bond donors (Lipinski definition) is 2. The predicted molar refractivity (Wildman–Crippen MR) is 88.9 cm³/mol. The second kappa shape index (κ2) is 7.02. The molecule has 1 aliphatic carbocycles. The van der Waals surface area contributed by atoms with Gasteiger partial charge in [0.25, 0.3) is 5.91 Å². The average molecular weight is 342 g/mol. The molecular formula is C15H26N4O3S. The van der Waals surface area contributed by atoms with Crippen molar-refractivity contribution in [3.63, 3.8) is 0 Å². The van der Waals surface area contributed by atoms with E-state index in [2.05, 4.69) is 14.9 Å². The van der Waals surface area contributed by atoms with E-state index in [9.17, 15) is 13.2 Å². The van der Waals surface area contributed by atoms with Gasteiger partial charge in [-0.3, -0.25) is 4.79 Å². The third-order valence-electron chi connectivity index (χ3n) is 4.45. The van der Waals surface area contributed by atoms with Crippen molar-refractivity contribution in [2.75, 3.05) is 21.1 Å². The molecule has 23 heavy (non-hydrogen) atoms. The van der Waals surface area contributed by atoms with Crippen molar-refractivity contribution in [1.82, 2.24) is 19.5 Å². The maximum atomic E-state index is 12.7. The van der Waals surface area contributed by atoms with E-state index in [0.717, 1.165) is 25.7 Å². The van der Waals surface area contributed by atoms with Crippen molar-refractivity contribution in [1.29, 1.82) is 0 Å². The zero-order valence-electron chi connectivity index (χ0n) is 14.2. The van der Waals surface area contributed by atoms with Crippen LogP contribution in [0, 0.1) is 0 Å². The Morgan fingerprint density at radius 1 is 1.30 bits per heavy atom. The van der Waals surface area contributed by atoms with E-state index in [1.54, 1.807) is 7.05 Å². The van der Waals surface area contributed by atoms with Crippen LogP contribution in [-0.4, -0.2) is 57.0 Å². The Hall–Kier alpha value is -1.38. The van der Waals surface area contributed by atoms with Crippen molar-refractivity contribution in [3.8, 4) is 0 Å². The van der Waals surface area contributed by atoms with Gasteiger partial charge in [0.15, 0.2) is 0 Å². The fourth-order valence-corrected chi connectivity index (χ4v) is 4.54. The Morgan fingerprint density at radius 3 is 2.57 bits per heavy atom. The molecule has 2 unspecified atom stereocenters. The van der Waals surface area contributed by atoms with Crippen LogP contribution in [0.5, 0.6) is 0 Å². The van der Waals surface area contributed by atoms with Gasteiger partial charge in [0, 0.05) is 32.4 Å². The standard InChI is InChI=1S/C15H26N4O3S/c1-16-15(20)14-9-11(10-19(14)4)23(21,22)17-12-7-5-6-8-13(12)18(2)3/h9-10,12-13,17H,5-8H2,1-4H3,(H,16,20). The topological polar surface area (TPSA) is 83.4 Å². The lowest BCUT2D eigenvalue weighted by Crippen LogP contribution is -2.50. The van der Waals surface area contributed by atoms with Crippen molar-refractivity contribution in [2.24, 2.45) is 7.05 Å². The molecule has 0 aliphatic heterocycles. The Morgan fingerprint density at radius 2 is 1.96 bits per heavy atom. The number of carbonyl (C=O) groups is 1. The molecule has 0 spiro atoms. The molecule has 1 saturated carbocycles. The highest BCUT2D eigenvalue weighted by atomic mass is 32.2. The third-order valence-corrected chi connectivity index (χ3v) is 5.91. The zero-order chi connectivity index (χ0) is 17.2. The molecule has 0 aromatic carbocycles. The van der Waals surface area contributed by atoms with Crippen LogP contribution in [0.4, 0.5) is 0 Å². The summed E-state index contributed by atoms with van der Waals surface area (Å²) in [5.74, 6) is -0.308. The summed E-state index contributed by atoms with van der Waals surface area (Å²) in [6.07, 6.45) is 5.43. The predicted octanol–water partition coefficient (Wildman–Crippen LogP) is 0.536. The minimum Gasteiger partial charge on any atom is -0.354 e. The van der Waals surface area contributed by atoms with Gasteiger partial charge in [-0.05, 0) is 33.0 Å². The lowest BCUT2D eigenvalue weighted by Gasteiger charge is -2.36. The van der Waals surface area contributed by atoms with E-state index in [-0.39, 0.29) is 22.9 Å². The van der Waals surface area contributed by atoms with Gasteiger partial charge in [-0.25, -0.2) is 13.1 Å². The molecule has 0 bridgehead atoms. The van der Waals surface area contributed by atoms with Crippen LogP contribution in [-0.2, 0) is 17.1 Å². The summed E-state index contributed by atoms with van der Waals surface area (Å²) in [5, 5.41) is 2.51. The van der Waals surface area contributed by atoms with Gasteiger partial charge >= 0.3 is 0 Å². The van der Waals surface area contributed by atoms with Crippen LogP contribution < -0.4 is 10.0 Å². The first-order chi connectivity index (χ1) is 10.8. The SMILES string of the molecule is CNC(=O)c1cc(S(=O)(=O)NC2CCCCC2N(C)C)cn1C. The van der Waals surface area contributed by atoms with Crippen LogP contribution in [0.25, 0.3) is 0 Å². The van der Waals surface area contributed by atoms with E-state index in [4.69, 9.17) is 0 Å². The number of sulfonamides is 1. The zero-order valence-corrected chi connectivity index (χ0v) is 15.0. The molecule has 1 aromatic rings. The van der Waals surface area contributed by atoms with Gasteiger partial charge < -0.3 is 14.8 Å². The molecule has 1 fully saturated rings. The van der Waals surface area contributed by atoms with E-state index >= 15 is 0 Å². The Labute approximate surface area is 138 Å². The van der Waals surface area contributed by atoms with E-state index in [0.29, 0.717) is 5.69 Å². The Balaban J connectivity index is 2.23. The van der Waals surface area contributed by atoms with Gasteiger partial charge in [0.05, 0.1) is 0 Å². The highest BCUT2D eigenvalue weighted by Gasteiger charge is 2.31. The molecule has 130 valence electrons. The smallest absolute Gasteiger partial charge is 0.267 e. The number of nitrogens with zero attached hydrogens (tertiary/aromatic N) is 2. The molecule has 1 aromatic heterocycles. The molecular weight excluding hydrogens is 316 g/mol. The number of aryl methyl sites for hydroxylation is 1. The highest BCUT2D eigenvalue weighted by molar-refractivity contribution is 7.89. The maximum Gasteiger partial charge on any atom is 0.267 e. The summed E-state index contributed by atoms with van der Waals surface area (Å²) in [5.41, 5.74) is 0.320. The van der Waals surface area contributed by atoms with Gasteiger partial charge in [0.2, 0.25) is 10.0 Å². The summed E-state index contributed by atoms with van der Waals surface area (Å²) in [6.45, 7) is 0. The highest BCUT2D eigenvalue weighted by Crippen LogP contribution is 2.24. The van der Waals surface area contributed by atoms with Crippen molar-refractivity contribution in [3.05, 3.63) is 18.0 Å². The molecule has 1 amide bonds. The molecule has 7 nitrogen and oxygen atoms in total. The Bertz CT molecular complexity index is 666. The number of hydrogen-bond acceptors (Lipinski definition) is 4. The van der Waals surface area contributed by atoms with Crippen LogP contribution in [0.15, 0.2) is 17.2 Å². The van der Waals surface area contributed by atoms with E-state index in [1.165, 1.54) is 23.9 Å². The molecule has 1 aliphatic rings. The monoisotopic (exact) mass is 342 g/mol. The number of nitrogens with one attached hydrogen (secondary N) is 2. The molecule has 2 rings (SSSR count). The summed E-state index contributed by atoms with van der Waals surface area (Å²) < 4.78 is 29.7. The average Bonchev–Trinajstić information content (AvgIpc) is 2.89. The van der Waals surface area contributed by atoms with Crippen LogP contribution >= 0.6 is 0 Å². The Kier molecular flexibility index (Phi) is 5.49. The van der Waals surface area contributed by atoms with Crippen molar-refractivity contribution in [2.45, 2.75) is 42.7 Å². The summed E-state index contributed by atoms with van der Waals surface area (Å²) in [6, 6.07) is 1.50. The van der Waals surface area contributed by atoms with Gasteiger partial charge in [0.1, 0.15) is 10.6 Å². The molecule has 2 atom stereocenters. The third kappa shape index (κ3) is 3.94. The number of likely N-dealkylation sites (N-methyl/N-ethyl adjacent to an activating group) is 1. The van der Waals surface area contributed by atoms with Gasteiger partial charge in [-0.15, -0.1) is 0 Å². The summed E-state index contributed by atoms with van der Waals surface area (Å²) >= 11 is 0. The van der Waals surface area contributed by atoms with Crippen LogP contribution in [0.1, 0.15) is 36.2 Å². The van der Waals surface area contributed by atoms with Crippen molar-refractivity contribution >= 4 is 15.9 Å². The second-order valence-electron chi connectivity index (χ2n) is 6.29. The van der Waals surface area contributed by atoms with Gasteiger partial charge in [-0.1, -0.05) is 12.8 Å². The number of rotatable bonds is 5. The lowest BCUT2D eigenvalue weighted by atomic mass is 9.90. The molecule has 1 heterocycles. The van der Waals surface area contributed by atoms with Gasteiger partial charge in [-0.2, -0.15) is 0 Å². The largest absolute Gasteiger partial charge is 0.354 e. The number of aromatic nitrogens is 1. The first-order valence-electron chi connectivity index (χ1n) is 7.83. The molecule has 0 radical (unpaired) electrons. The van der Waals surface area contributed by atoms with Crippen LogP contribution in [0.3, 0.4) is 0 Å². The summed E-state index contributed by atoms with van der Waals surface area (Å²) in [7, 11) is 3.48. The fourth-order valence-electron chi connectivity index (χ4n) is 3.17. The minimum atomic E-state index is -3.65. The quantitative estimate of drug-likeness (QED) is 0.818. The first kappa shape index (κ1) is 18.0. The number of carbonyl (C=O) groups excluding carboxylic acids is 1. The molecule has 2 N–H and O–H groups in total. The van der Waals surface area contributed by atoms with E-state index in [1.807, 2.05) is 14.1 Å². The number of amides is 1. The lowest BCUT2D eigenvalue weighted by molar-refractivity contribution is 0.0955. The second-order valence-corrected chi connectivity index (χ2v) is 8.01. The maximum absolute atomic E-state index is 12.7. The normalized spacial score (nSPS) is 22.3. The minimum absolute atomic E-state index is 0.104. The van der Waals surface area contributed by atoms with Crippen molar-refractivity contribution < 1.29 is 13.2 Å². The van der Waals surface area contributed by atoms with E-state index < -0.39 is 10.0 Å². The fraction of sp³-hybridized carbons (Fsp3) is 0.667.